The van der Waals surface area contributed by atoms with E-state index in [0.717, 1.165) is 12.8 Å². The van der Waals surface area contributed by atoms with Crippen molar-refractivity contribution >= 4 is 11.9 Å². The van der Waals surface area contributed by atoms with Crippen molar-refractivity contribution < 1.29 is 18.7 Å². The molecule has 3 heterocycles. The van der Waals surface area contributed by atoms with E-state index in [2.05, 4.69) is 15.2 Å². The Morgan fingerprint density at radius 3 is 2.73 bits per heavy atom. The van der Waals surface area contributed by atoms with Crippen LogP contribution in [0.4, 0.5) is 0 Å². The second-order valence-electron chi connectivity index (χ2n) is 7.21. The maximum atomic E-state index is 13.4. The third-order valence-corrected chi connectivity index (χ3v) is 5.27. The van der Waals surface area contributed by atoms with Gasteiger partial charge in [-0.05, 0) is 38.8 Å². The normalized spacial score (nSPS) is 18.9. The first-order valence-corrected chi connectivity index (χ1v) is 9.97. The molecular weight excluding hydrogens is 386 g/mol. The maximum absolute atomic E-state index is 13.4. The zero-order valence-corrected chi connectivity index (χ0v) is 16.9. The van der Waals surface area contributed by atoms with Crippen molar-refractivity contribution in [3.63, 3.8) is 0 Å². The van der Waals surface area contributed by atoms with Gasteiger partial charge >= 0.3 is 5.97 Å². The fourth-order valence-electron chi connectivity index (χ4n) is 3.69. The monoisotopic (exact) mass is 409 g/mol. The van der Waals surface area contributed by atoms with Gasteiger partial charge in [0.2, 0.25) is 0 Å². The minimum Gasteiger partial charge on any atom is -0.461 e. The van der Waals surface area contributed by atoms with Crippen LogP contribution in [0.15, 0.2) is 47.3 Å². The third-order valence-electron chi connectivity index (χ3n) is 5.27. The van der Waals surface area contributed by atoms with Crippen LogP contribution in [0.5, 0.6) is 0 Å². The number of carbonyl (C=O) groups is 2. The molecule has 4 rings (SSSR count). The Bertz CT molecular complexity index is 1030. The molecule has 1 aromatic carbocycles. The molecule has 2 aromatic heterocycles. The number of rotatable bonds is 5. The highest BCUT2D eigenvalue weighted by molar-refractivity contribution is 5.98. The molecule has 156 valence electrons. The van der Waals surface area contributed by atoms with E-state index in [9.17, 15) is 9.59 Å². The van der Waals surface area contributed by atoms with Crippen LogP contribution in [-0.4, -0.2) is 55.9 Å². The molecule has 2 atom stereocenters. The average Bonchev–Trinajstić information content (AvgIpc) is 3.46. The summed E-state index contributed by atoms with van der Waals surface area (Å²) in [4.78, 5) is 32.9. The summed E-state index contributed by atoms with van der Waals surface area (Å²) in [7, 11) is 0. The van der Waals surface area contributed by atoms with Gasteiger partial charge in [-0.3, -0.25) is 4.79 Å². The molecule has 0 bridgehead atoms. The number of aromatic nitrogens is 4. The van der Waals surface area contributed by atoms with Gasteiger partial charge in [-0.25, -0.2) is 9.78 Å². The number of likely N-dealkylation sites (tertiary alicyclic amines) is 1. The highest BCUT2D eigenvalue weighted by atomic mass is 16.5. The molecule has 1 saturated heterocycles. The van der Waals surface area contributed by atoms with Crippen LogP contribution in [0.1, 0.15) is 59.3 Å². The van der Waals surface area contributed by atoms with Gasteiger partial charge in [0.1, 0.15) is 6.26 Å². The summed E-state index contributed by atoms with van der Waals surface area (Å²) in [5.74, 6) is -0.254. The molecule has 1 fully saturated rings. The summed E-state index contributed by atoms with van der Waals surface area (Å²) >= 11 is 0. The number of hydrogen-bond donors (Lipinski definition) is 0. The van der Waals surface area contributed by atoms with Crippen LogP contribution in [0.2, 0.25) is 0 Å². The number of ether oxygens (including phenoxy) is 1. The summed E-state index contributed by atoms with van der Waals surface area (Å²) in [6, 6.07) is 7.33. The molecule has 3 aromatic rings. The van der Waals surface area contributed by atoms with Crippen molar-refractivity contribution in [2.24, 2.45) is 0 Å². The van der Waals surface area contributed by atoms with Gasteiger partial charge in [-0.1, -0.05) is 12.1 Å². The molecule has 2 unspecified atom stereocenters. The van der Waals surface area contributed by atoms with E-state index in [0.29, 0.717) is 23.7 Å². The number of piperidine rings is 1. The molecule has 0 radical (unpaired) electrons. The van der Waals surface area contributed by atoms with E-state index in [-0.39, 0.29) is 30.2 Å². The molecule has 30 heavy (non-hydrogen) atoms. The lowest BCUT2D eigenvalue weighted by Gasteiger charge is -2.37. The van der Waals surface area contributed by atoms with Gasteiger partial charge in [-0.2, -0.15) is 15.0 Å². The summed E-state index contributed by atoms with van der Waals surface area (Å²) in [6.07, 6.45) is 6.08. The van der Waals surface area contributed by atoms with Crippen LogP contribution >= 0.6 is 0 Å². The van der Waals surface area contributed by atoms with Gasteiger partial charge in [0.25, 0.3) is 5.91 Å². The molecule has 0 spiro atoms. The van der Waals surface area contributed by atoms with Crippen molar-refractivity contribution in [3.05, 3.63) is 60.1 Å². The average molecular weight is 409 g/mol. The first-order chi connectivity index (χ1) is 14.6. The Labute approximate surface area is 173 Å². The van der Waals surface area contributed by atoms with Crippen LogP contribution in [0.25, 0.3) is 5.69 Å². The molecular formula is C21H23N5O4. The number of esters is 1. The molecule has 9 heteroatoms. The summed E-state index contributed by atoms with van der Waals surface area (Å²) < 4.78 is 10.5. The van der Waals surface area contributed by atoms with Crippen molar-refractivity contribution in [3.8, 4) is 5.69 Å². The summed E-state index contributed by atoms with van der Waals surface area (Å²) in [5.41, 5.74) is 1.31. The first kappa shape index (κ1) is 19.8. The molecule has 0 aliphatic carbocycles. The first-order valence-electron chi connectivity index (χ1n) is 9.97. The van der Waals surface area contributed by atoms with Gasteiger partial charge < -0.3 is 14.1 Å². The standard InChI is InChI=1S/C21H23N5O4/c1-3-29-21(28)17-13-30-19(24-17)15-9-8-14(2)25(12-15)20(27)16-6-4-5-7-18(16)26-22-10-11-23-26/h4-7,10-11,13-15H,3,8-9,12H2,1-2H3. The molecule has 1 amide bonds. The van der Waals surface area contributed by atoms with E-state index in [4.69, 9.17) is 9.15 Å². The van der Waals surface area contributed by atoms with Crippen LogP contribution < -0.4 is 0 Å². The number of nitrogens with zero attached hydrogens (tertiary/aromatic N) is 5. The van der Waals surface area contributed by atoms with Gasteiger partial charge in [0, 0.05) is 12.6 Å². The van der Waals surface area contributed by atoms with Gasteiger partial charge in [0.05, 0.1) is 36.2 Å². The van der Waals surface area contributed by atoms with E-state index < -0.39 is 5.97 Å². The quantitative estimate of drug-likeness (QED) is 0.597. The van der Waals surface area contributed by atoms with Crippen molar-refractivity contribution in [1.82, 2.24) is 24.9 Å². The maximum Gasteiger partial charge on any atom is 0.360 e. The predicted octanol–water partition coefficient (Wildman–Crippen LogP) is 2.84. The summed E-state index contributed by atoms with van der Waals surface area (Å²) in [6.45, 7) is 4.49. The minimum atomic E-state index is -0.509. The smallest absolute Gasteiger partial charge is 0.360 e. The fraction of sp³-hybridized carbons (Fsp3) is 0.381. The lowest BCUT2D eigenvalue weighted by molar-refractivity contribution is 0.0517. The Morgan fingerprint density at radius 1 is 1.20 bits per heavy atom. The van der Waals surface area contributed by atoms with Crippen LogP contribution in [0.3, 0.4) is 0 Å². The number of hydrogen-bond acceptors (Lipinski definition) is 7. The largest absolute Gasteiger partial charge is 0.461 e. The number of oxazole rings is 1. The Morgan fingerprint density at radius 2 is 1.97 bits per heavy atom. The number of para-hydroxylation sites is 1. The Hall–Kier alpha value is -3.49. The molecule has 0 N–H and O–H groups in total. The predicted molar refractivity (Wildman–Crippen MR) is 106 cm³/mol. The van der Waals surface area contributed by atoms with Crippen molar-refractivity contribution in [2.45, 2.75) is 38.6 Å². The third kappa shape index (κ3) is 3.83. The fourth-order valence-corrected chi connectivity index (χ4v) is 3.69. The molecule has 9 nitrogen and oxygen atoms in total. The second-order valence-corrected chi connectivity index (χ2v) is 7.21. The number of carbonyl (C=O) groups excluding carboxylic acids is 2. The van der Waals surface area contributed by atoms with Gasteiger partial charge in [-0.15, -0.1) is 0 Å². The molecule has 1 aliphatic rings. The van der Waals surface area contributed by atoms with Gasteiger partial charge in [0.15, 0.2) is 11.6 Å². The SMILES string of the molecule is CCOC(=O)c1coc(C2CCC(C)N(C(=O)c3ccccc3-n3nccn3)C2)n1. The number of amides is 1. The highest BCUT2D eigenvalue weighted by Crippen LogP contribution is 2.31. The zero-order valence-electron chi connectivity index (χ0n) is 16.9. The molecule has 0 saturated carbocycles. The lowest BCUT2D eigenvalue weighted by atomic mass is 9.92. The van der Waals surface area contributed by atoms with E-state index in [1.165, 1.54) is 11.1 Å². The van der Waals surface area contributed by atoms with E-state index in [1.54, 1.807) is 25.4 Å². The summed E-state index contributed by atoms with van der Waals surface area (Å²) in [5, 5.41) is 8.31. The zero-order chi connectivity index (χ0) is 21.1. The van der Waals surface area contributed by atoms with E-state index in [1.807, 2.05) is 30.0 Å². The highest BCUT2D eigenvalue weighted by Gasteiger charge is 2.34. The second kappa shape index (κ2) is 8.48. The Kier molecular flexibility index (Phi) is 5.60. The minimum absolute atomic E-state index is 0.0619. The lowest BCUT2D eigenvalue weighted by Crippen LogP contribution is -2.45. The van der Waals surface area contributed by atoms with Crippen LogP contribution in [0, 0.1) is 0 Å². The molecule has 1 aliphatic heterocycles. The number of benzene rings is 1. The Balaban J connectivity index is 1.56. The van der Waals surface area contributed by atoms with Crippen molar-refractivity contribution in [1.29, 1.82) is 0 Å². The van der Waals surface area contributed by atoms with Crippen molar-refractivity contribution in [2.75, 3.05) is 13.2 Å². The topological polar surface area (TPSA) is 103 Å². The van der Waals surface area contributed by atoms with Crippen LogP contribution in [-0.2, 0) is 4.74 Å². The van der Waals surface area contributed by atoms with E-state index >= 15 is 0 Å².